The zero-order chi connectivity index (χ0) is 19.8. The van der Waals surface area contributed by atoms with E-state index < -0.39 is 6.04 Å². The molecule has 0 saturated carbocycles. The minimum Gasteiger partial charge on any atom is -0.355 e. The third kappa shape index (κ3) is 6.43. The van der Waals surface area contributed by atoms with E-state index in [1.165, 1.54) is 22.9 Å². The van der Waals surface area contributed by atoms with E-state index in [9.17, 15) is 9.59 Å². The molecule has 27 heavy (non-hydrogen) atoms. The van der Waals surface area contributed by atoms with Gasteiger partial charge in [-0.3, -0.25) is 9.59 Å². The lowest BCUT2D eigenvalue weighted by Gasteiger charge is -2.28. The van der Waals surface area contributed by atoms with Gasteiger partial charge in [0.2, 0.25) is 11.8 Å². The van der Waals surface area contributed by atoms with Gasteiger partial charge >= 0.3 is 0 Å². The molecule has 0 saturated heterocycles. The van der Waals surface area contributed by atoms with Crippen molar-refractivity contribution >= 4 is 23.6 Å². The molecule has 2 rings (SSSR count). The third-order valence-corrected chi connectivity index (χ3v) is 5.37. The van der Waals surface area contributed by atoms with E-state index in [1.807, 2.05) is 69.3 Å². The first-order chi connectivity index (χ1) is 12.9. The number of amides is 2. The second-order valence-electron chi connectivity index (χ2n) is 6.68. The van der Waals surface area contributed by atoms with Gasteiger partial charge in [-0.25, -0.2) is 0 Å². The molecular weight excluding hydrogens is 356 g/mol. The fourth-order valence-corrected chi connectivity index (χ4v) is 3.44. The number of thioether (sulfide) groups is 1. The van der Waals surface area contributed by atoms with Gasteiger partial charge in [0.25, 0.3) is 0 Å². The summed E-state index contributed by atoms with van der Waals surface area (Å²) in [6, 6.07) is 15.7. The van der Waals surface area contributed by atoms with Crippen LogP contribution in [0.2, 0.25) is 0 Å². The molecule has 1 atom stereocenters. The molecule has 0 fully saturated rings. The van der Waals surface area contributed by atoms with Crippen LogP contribution < -0.4 is 5.32 Å². The van der Waals surface area contributed by atoms with E-state index in [1.54, 1.807) is 11.8 Å². The zero-order valence-electron chi connectivity index (χ0n) is 16.5. The van der Waals surface area contributed by atoms with E-state index in [0.29, 0.717) is 18.8 Å². The van der Waals surface area contributed by atoms with E-state index in [2.05, 4.69) is 5.32 Å². The molecule has 0 heterocycles. The fourth-order valence-electron chi connectivity index (χ4n) is 2.66. The Kier molecular flexibility index (Phi) is 7.92. The summed E-state index contributed by atoms with van der Waals surface area (Å²) in [5.41, 5.74) is 3.38. The van der Waals surface area contributed by atoms with Crippen molar-refractivity contribution in [2.45, 2.75) is 45.2 Å². The predicted molar refractivity (Wildman–Crippen MR) is 112 cm³/mol. The third-order valence-electron chi connectivity index (χ3n) is 4.38. The largest absolute Gasteiger partial charge is 0.355 e. The van der Waals surface area contributed by atoms with Crippen molar-refractivity contribution in [1.29, 1.82) is 0 Å². The number of rotatable bonds is 8. The number of nitrogens with one attached hydrogen (secondary N) is 1. The summed E-state index contributed by atoms with van der Waals surface area (Å²) in [6.45, 7) is 8.70. The maximum absolute atomic E-state index is 12.9. The molecule has 2 aromatic rings. The first-order valence-corrected chi connectivity index (χ1v) is 10.2. The van der Waals surface area contributed by atoms with Crippen LogP contribution >= 0.6 is 11.8 Å². The first kappa shape index (κ1) is 21.0. The molecule has 0 radical (unpaired) electrons. The molecule has 2 aromatic carbocycles. The standard InChI is InChI=1S/C22H28N2O2S/c1-5-23-22(26)18(4)24(14-19-10-6-16(2)7-11-19)21(25)15-27-20-12-8-17(3)9-13-20/h6-13,18H,5,14-15H2,1-4H3,(H,23,26). The molecule has 0 aromatic heterocycles. The van der Waals surface area contributed by atoms with Gasteiger partial charge in [-0.1, -0.05) is 47.5 Å². The highest BCUT2D eigenvalue weighted by Gasteiger charge is 2.25. The van der Waals surface area contributed by atoms with E-state index >= 15 is 0 Å². The summed E-state index contributed by atoms with van der Waals surface area (Å²) in [4.78, 5) is 28.0. The fraction of sp³-hybridized carbons (Fsp3) is 0.364. The van der Waals surface area contributed by atoms with Crippen molar-refractivity contribution in [2.24, 2.45) is 0 Å². The molecule has 2 amide bonds. The van der Waals surface area contributed by atoms with Gasteiger partial charge in [0, 0.05) is 18.0 Å². The van der Waals surface area contributed by atoms with Crippen LogP contribution in [0.25, 0.3) is 0 Å². The predicted octanol–water partition coefficient (Wildman–Crippen LogP) is 3.95. The lowest BCUT2D eigenvalue weighted by Crippen LogP contribution is -2.48. The summed E-state index contributed by atoms with van der Waals surface area (Å²) in [5.74, 6) is 0.136. The number of carbonyl (C=O) groups excluding carboxylic acids is 2. The Morgan fingerprint density at radius 1 is 1.00 bits per heavy atom. The summed E-state index contributed by atoms with van der Waals surface area (Å²) in [6.07, 6.45) is 0. The minimum absolute atomic E-state index is 0.0418. The Labute approximate surface area is 166 Å². The molecule has 1 N–H and O–H groups in total. The molecule has 144 valence electrons. The summed E-state index contributed by atoms with van der Waals surface area (Å²) < 4.78 is 0. The van der Waals surface area contributed by atoms with Crippen LogP contribution in [0, 0.1) is 13.8 Å². The Bertz CT molecular complexity index is 757. The molecule has 5 heteroatoms. The van der Waals surface area contributed by atoms with Gasteiger partial charge in [-0.15, -0.1) is 11.8 Å². The zero-order valence-corrected chi connectivity index (χ0v) is 17.3. The van der Waals surface area contributed by atoms with Crippen LogP contribution in [-0.2, 0) is 16.1 Å². The van der Waals surface area contributed by atoms with Gasteiger partial charge in [0.05, 0.1) is 5.75 Å². The number of benzene rings is 2. The Morgan fingerprint density at radius 3 is 2.11 bits per heavy atom. The number of carbonyl (C=O) groups is 2. The van der Waals surface area contributed by atoms with Gasteiger partial charge in [0.1, 0.15) is 6.04 Å². The second-order valence-corrected chi connectivity index (χ2v) is 7.73. The van der Waals surface area contributed by atoms with Gasteiger partial charge < -0.3 is 10.2 Å². The van der Waals surface area contributed by atoms with Crippen LogP contribution in [0.5, 0.6) is 0 Å². The van der Waals surface area contributed by atoms with Crippen LogP contribution in [0.4, 0.5) is 0 Å². The van der Waals surface area contributed by atoms with Crippen molar-refractivity contribution in [3.63, 3.8) is 0 Å². The van der Waals surface area contributed by atoms with Gasteiger partial charge in [-0.05, 0) is 45.4 Å². The molecule has 0 bridgehead atoms. The van der Waals surface area contributed by atoms with E-state index in [0.717, 1.165) is 10.5 Å². The van der Waals surface area contributed by atoms with Crippen molar-refractivity contribution in [1.82, 2.24) is 10.2 Å². The smallest absolute Gasteiger partial charge is 0.242 e. The number of hydrogen-bond donors (Lipinski definition) is 1. The first-order valence-electron chi connectivity index (χ1n) is 9.23. The summed E-state index contributed by atoms with van der Waals surface area (Å²) in [5, 5.41) is 2.82. The van der Waals surface area contributed by atoms with Crippen LogP contribution in [-0.4, -0.2) is 35.1 Å². The normalized spacial score (nSPS) is 11.7. The Hall–Kier alpha value is -2.27. The summed E-state index contributed by atoms with van der Waals surface area (Å²) >= 11 is 1.50. The quantitative estimate of drug-likeness (QED) is 0.701. The number of hydrogen-bond acceptors (Lipinski definition) is 3. The Balaban J connectivity index is 2.11. The van der Waals surface area contributed by atoms with E-state index in [4.69, 9.17) is 0 Å². The highest BCUT2D eigenvalue weighted by molar-refractivity contribution is 8.00. The number of nitrogens with zero attached hydrogens (tertiary/aromatic N) is 1. The van der Waals surface area contributed by atoms with Crippen LogP contribution in [0.3, 0.4) is 0 Å². The van der Waals surface area contributed by atoms with Crippen molar-refractivity contribution in [3.05, 3.63) is 65.2 Å². The van der Waals surface area contributed by atoms with Crippen LogP contribution in [0.1, 0.15) is 30.5 Å². The lowest BCUT2D eigenvalue weighted by molar-refractivity contribution is -0.138. The monoisotopic (exact) mass is 384 g/mol. The van der Waals surface area contributed by atoms with E-state index in [-0.39, 0.29) is 11.8 Å². The molecular formula is C22H28N2O2S. The minimum atomic E-state index is -0.516. The molecule has 0 aliphatic rings. The van der Waals surface area contributed by atoms with Gasteiger partial charge in [-0.2, -0.15) is 0 Å². The maximum atomic E-state index is 12.9. The van der Waals surface area contributed by atoms with Crippen molar-refractivity contribution < 1.29 is 9.59 Å². The topological polar surface area (TPSA) is 49.4 Å². The summed E-state index contributed by atoms with van der Waals surface area (Å²) in [7, 11) is 0. The molecule has 1 unspecified atom stereocenters. The highest BCUT2D eigenvalue weighted by atomic mass is 32.2. The average molecular weight is 385 g/mol. The molecule has 0 spiro atoms. The van der Waals surface area contributed by atoms with Gasteiger partial charge in [0.15, 0.2) is 0 Å². The SMILES string of the molecule is CCNC(=O)C(C)N(Cc1ccc(C)cc1)C(=O)CSc1ccc(C)cc1. The highest BCUT2D eigenvalue weighted by Crippen LogP contribution is 2.20. The van der Waals surface area contributed by atoms with Crippen LogP contribution in [0.15, 0.2) is 53.4 Å². The number of likely N-dealkylation sites (N-methyl/N-ethyl adjacent to an activating group) is 1. The molecule has 0 aliphatic heterocycles. The van der Waals surface area contributed by atoms with Crippen molar-refractivity contribution in [3.8, 4) is 0 Å². The Morgan fingerprint density at radius 2 is 1.56 bits per heavy atom. The second kappa shape index (κ2) is 10.2. The van der Waals surface area contributed by atoms with Crippen molar-refractivity contribution in [2.75, 3.05) is 12.3 Å². The average Bonchev–Trinajstić information content (AvgIpc) is 2.66. The maximum Gasteiger partial charge on any atom is 0.242 e. The molecule has 0 aliphatic carbocycles. The number of aryl methyl sites for hydroxylation is 2. The lowest BCUT2D eigenvalue weighted by atomic mass is 10.1. The molecule has 4 nitrogen and oxygen atoms in total.